The molecule has 0 aliphatic rings. The first kappa shape index (κ1) is 11.2. The molecule has 0 aliphatic heterocycles. The Kier molecular flexibility index (Phi) is 4.10. The molecule has 80 valence electrons. The minimum atomic E-state index is -0.329. The second kappa shape index (κ2) is 5.12. The molecule has 0 aromatic carbocycles. The number of hydrogen-bond acceptors (Lipinski definition) is 3. The van der Waals surface area contributed by atoms with Crippen LogP contribution in [0.4, 0.5) is 0 Å². The average molecular weight is 198 g/mol. The van der Waals surface area contributed by atoms with Gasteiger partial charge in [0.1, 0.15) is 5.69 Å². The predicted molar refractivity (Wildman–Crippen MR) is 53.9 cm³/mol. The van der Waals surface area contributed by atoms with Crippen LogP contribution in [-0.4, -0.2) is 23.0 Å². The Morgan fingerprint density at radius 1 is 1.36 bits per heavy atom. The molecule has 4 nitrogen and oxygen atoms in total. The summed E-state index contributed by atoms with van der Waals surface area (Å²) >= 11 is 0. The maximum atomic E-state index is 5.44. The van der Waals surface area contributed by atoms with E-state index >= 15 is 0 Å². The van der Waals surface area contributed by atoms with E-state index in [2.05, 4.69) is 5.10 Å². The number of hydrogen-bond donors (Lipinski definition) is 0. The minimum Gasteiger partial charge on any atom is -0.347 e. The van der Waals surface area contributed by atoms with E-state index in [1.165, 1.54) is 0 Å². The van der Waals surface area contributed by atoms with Crippen molar-refractivity contribution in [2.75, 3.05) is 13.2 Å². The SMILES string of the molecule is CCOC(OCC)c1cc(C)n(C)n1. The molecular formula is C10H18N2O2. The number of aromatic nitrogens is 2. The molecule has 0 fully saturated rings. The highest BCUT2D eigenvalue weighted by Gasteiger charge is 2.15. The van der Waals surface area contributed by atoms with Crippen molar-refractivity contribution in [3.8, 4) is 0 Å². The van der Waals surface area contributed by atoms with Crippen molar-refractivity contribution in [1.82, 2.24) is 9.78 Å². The lowest BCUT2D eigenvalue weighted by Crippen LogP contribution is -2.09. The molecule has 0 N–H and O–H groups in total. The molecule has 14 heavy (non-hydrogen) atoms. The summed E-state index contributed by atoms with van der Waals surface area (Å²) in [6.45, 7) is 7.15. The molecule has 0 atom stereocenters. The van der Waals surface area contributed by atoms with Gasteiger partial charge in [-0.05, 0) is 26.8 Å². The lowest BCUT2D eigenvalue weighted by atomic mass is 10.3. The summed E-state index contributed by atoms with van der Waals surface area (Å²) in [5.41, 5.74) is 1.94. The lowest BCUT2D eigenvalue weighted by Gasteiger charge is -2.13. The lowest BCUT2D eigenvalue weighted by molar-refractivity contribution is -0.142. The van der Waals surface area contributed by atoms with Gasteiger partial charge >= 0.3 is 0 Å². The summed E-state index contributed by atoms with van der Waals surface area (Å²) in [6, 6.07) is 1.98. The van der Waals surface area contributed by atoms with Crippen LogP contribution in [0.5, 0.6) is 0 Å². The van der Waals surface area contributed by atoms with Gasteiger partial charge in [-0.25, -0.2) is 0 Å². The predicted octanol–water partition coefficient (Wildman–Crippen LogP) is 1.80. The topological polar surface area (TPSA) is 36.3 Å². The molecule has 1 heterocycles. The minimum absolute atomic E-state index is 0.329. The van der Waals surface area contributed by atoms with Gasteiger partial charge < -0.3 is 9.47 Å². The van der Waals surface area contributed by atoms with Crippen molar-refractivity contribution in [1.29, 1.82) is 0 Å². The molecule has 1 aromatic heterocycles. The quantitative estimate of drug-likeness (QED) is 0.677. The van der Waals surface area contributed by atoms with Crippen LogP contribution in [0.15, 0.2) is 6.07 Å². The number of aryl methyl sites for hydroxylation is 2. The van der Waals surface area contributed by atoms with E-state index < -0.39 is 0 Å². The van der Waals surface area contributed by atoms with Crippen molar-refractivity contribution < 1.29 is 9.47 Å². The van der Waals surface area contributed by atoms with E-state index in [-0.39, 0.29) is 6.29 Å². The second-order valence-corrected chi connectivity index (χ2v) is 3.08. The maximum Gasteiger partial charge on any atom is 0.202 e. The van der Waals surface area contributed by atoms with Gasteiger partial charge in [-0.1, -0.05) is 0 Å². The van der Waals surface area contributed by atoms with Crippen molar-refractivity contribution in [3.05, 3.63) is 17.5 Å². The van der Waals surface area contributed by atoms with Crippen molar-refractivity contribution in [2.24, 2.45) is 7.05 Å². The summed E-state index contributed by atoms with van der Waals surface area (Å²) in [5, 5.41) is 4.31. The van der Waals surface area contributed by atoms with Crippen LogP contribution in [0.3, 0.4) is 0 Å². The van der Waals surface area contributed by atoms with Gasteiger partial charge in [0.05, 0.1) is 0 Å². The Morgan fingerprint density at radius 3 is 2.29 bits per heavy atom. The fourth-order valence-electron chi connectivity index (χ4n) is 1.23. The molecular weight excluding hydrogens is 180 g/mol. The van der Waals surface area contributed by atoms with Crippen LogP contribution < -0.4 is 0 Å². The molecule has 0 aliphatic carbocycles. The Morgan fingerprint density at radius 2 is 1.93 bits per heavy atom. The van der Waals surface area contributed by atoms with Gasteiger partial charge in [-0.3, -0.25) is 4.68 Å². The Labute approximate surface area is 84.8 Å². The van der Waals surface area contributed by atoms with Crippen LogP contribution in [0.2, 0.25) is 0 Å². The highest BCUT2D eigenvalue weighted by atomic mass is 16.7. The molecule has 1 rings (SSSR count). The van der Waals surface area contributed by atoms with E-state index in [0.29, 0.717) is 13.2 Å². The molecule has 0 bridgehead atoms. The summed E-state index contributed by atoms with van der Waals surface area (Å²) < 4.78 is 12.7. The van der Waals surface area contributed by atoms with Gasteiger partial charge in [0.15, 0.2) is 0 Å². The summed E-state index contributed by atoms with van der Waals surface area (Å²) in [5.74, 6) is 0. The standard InChI is InChI=1S/C10H18N2O2/c1-5-13-10(14-6-2)9-7-8(3)12(4)11-9/h7,10H,5-6H2,1-4H3. The third kappa shape index (κ3) is 2.56. The van der Waals surface area contributed by atoms with Gasteiger partial charge in [0.2, 0.25) is 6.29 Å². The summed E-state index contributed by atoms with van der Waals surface area (Å²) in [4.78, 5) is 0. The first-order valence-electron chi connectivity index (χ1n) is 4.92. The van der Waals surface area contributed by atoms with Crippen molar-refractivity contribution >= 4 is 0 Å². The fraction of sp³-hybridized carbons (Fsp3) is 0.700. The van der Waals surface area contributed by atoms with E-state index in [9.17, 15) is 0 Å². The zero-order valence-electron chi connectivity index (χ0n) is 9.28. The van der Waals surface area contributed by atoms with E-state index in [0.717, 1.165) is 11.4 Å². The van der Waals surface area contributed by atoms with Crippen LogP contribution in [0, 0.1) is 6.92 Å². The number of ether oxygens (including phenoxy) is 2. The second-order valence-electron chi connectivity index (χ2n) is 3.08. The van der Waals surface area contributed by atoms with Gasteiger partial charge in [0.25, 0.3) is 0 Å². The third-order valence-corrected chi connectivity index (χ3v) is 2.01. The van der Waals surface area contributed by atoms with Crippen LogP contribution >= 0.6 is 0 Å². The Balaban J connectivity index is 2.76. The zero-order chi connectivity index (χ0) is 10.6. The first-order chi connectivity index (χ1) is 6.69. The molecule has 0 saturated carbocycles. The largest absolute Gasteiger partial charge is 0.347 e. The molecule has 0 radical (unpaired) electrons. The average Bonchev–Trinajstić information content (AvgIpc) is 2.47. The van der Waals surface area contributed by atoms with Crippen LogP contribution in [0.1, 0.15) is 31.5 Å². The normalized spacial score (nSPS) is 11.2. The van der Waals surface area contributed by atoms with Crippen LogP contribution in [0.25, 0.3) is 0 Å². The van der Waals surface area contributed by atoms with Gasteiger partial charge in [-0.15, -0.1) is 0 Å². The highest BCUT2D eigenvalue weighted by Crippen LogP contribution is 2.17. The van der Waals surface area contributed by atoms with E-state index in [1.54, 1.807) is 0 Å². The monoisotopic (exact) mass is 198 g/mol. The molecule has 0 saturated heterocycles. The summed E-state index contributed by atoms with van der Waals surface area (Å²) in [7, 11) is 1.91. The first-order valence-corrected chi connectivity index (χ1v) is 4.92. The van der Waals surface area contributed by atoms with Gasteiger partial charge in [0, 0.05) is 26.0 Å². The maximum absolute atomic E-state index is 5.44. The molecule has 0 spiro atoms. The van der Waals surface area contributed by atoms with Crippen LogP contribution in [-0.2, 0) is 16.5 Å². The van der Waals surface area contributed by atoms with Crippen molar-refractivity contribution in [3.63, 3.8) is 0 Å². The molecule has 4 heteroatoms. The fourth-order valence-corrected chi connectivity index (χ4v) is 1.23. The molecule has 1 aromatic rings. The summed E-state index contributed by atoms with van der Waals surface area (Å²) in [6.07, 6.45) is -0.329. The smallest absolute Gasteiger partial charge is 0.202 e. The Bertz CT molecular complexity index is 258. The van der Waals surface area contributed by atoms with E-state index in [4.69, 9.17) is 9.47 Å². The zero-order valence-corrected chi connectivity index (χ0v) is 9.28. The third-order valence-electron chi connectivity index (χ3n) is 2.01. The highest BCUT2D eigenvalue weighted by molar-refractivity contribution is 5.09. The van der Waals surface area contributed by atoms with Crippen molar-refractivity contribution in [2.45, 2.75) is 27.1 Å². The van der Waals surface area contributed by atoms with E-state index in [1.807, 2.05) is 38.6 Å². The molecule has 0 amide bonds. The number of rotatable bonds is 5. The molecule has 0 unspecified atom stereocenters. The Hall–Kier alpha value is -0.870. The number of nitrogens with zero attached hydrogens (tertiary/aromatic N) is 2. The van der Waals surface area contributed by atoms with Gasteiger partial charge in [-0.2, -0.15) is 5.10 Å².